The minimum Gasteiger partial charge on any atom is -0.368 e. The summed E-state index contributed by atoms with van der Waals surface area (Å²) in [5.74, 6) is -1.56. The third kappa shape index (κ3) is 5.52. The molecule has 36 heavy (non-hydrogen) atoms. The maximum absolute atomic E-state index is 14.7. The van der Waals surface area contributed by atoms with Gasteiger partial charge in [0.05, 0.1) is 17.7 Å². The van der Waals surface area contributed by atoms with E-state index in [1.807, 2.05) is 0 Å². The van der Waals surface area contributed by atoms with Crippen LogP contribution in [0.3, 0.4) is 0 Å². The lowest BCUT2D eigenvalue weighted by Gasteiger charge is -2.32. The second-order valence-corrected chi connectivity index (χ2v) is 9.01. The molecule has 2 aliphatic rings. The number of nitrogens with one attached hydrogen (secondary N) is 4. The molecule has 0 unspecified atom stereocenters. The molecule has 1 aliphatic carbocycles. The van der Waals surface area contributed by atoms with Gasteiger partial charge in [0, 0.05) is 48.3 Å². The number of aryl methyl sites for hydroxylation is 1. The monoisotopic (exact) mass is 503 g/mol. The van der Waals surface area contributed by atoms with Crippen molar-refractivity contribution in [2.45, 2.75) is 50.9 Å². The van der Waals surface area contributed by atoms with Gasteiger partial charge in [0.2, 0.25) is 0 Å². The van der Waals surface area contributed by atoms with E-state index in [1.165, 1.54) is 16.9 Å². The molecule has 4 rings (SSSR count). The van der Waals surface area contributed by atoms with E-state index in [0.717, 1.165) is 32.3 Å². The highest BCUT2D eigenvalue weighted by molar-refractivity contribution is 6.09. The molecule has 2 aromatic rings. The Morgan fingerprint density at radius 3 is 2.75 bits per heavy atom. The third-order valence-electron chi connectivity index (χ3n) is 6.22. The van der Waals surface area contributed by atoms with E-state index in [9.17, 15) is 22.8 Å². The zero-order valence-corrected chi connectivity index (χ0v) is 20.0. The molecule has 3 atom stereocenters. The Kier molecular flexibility index (Phi) is 7.32. The molecule has 1 amide bonds. The van der Waals surface area contributed by atoms with Gasteiger partial charge >= 0.3 is 0 Å². The summed E-state index contributed by atoms with van der Waals surface area (Å²) >= 11 is 0. The van der Waals surface area contributed by atoms with Crippen molar-refractivity contribution in [1.82, 2.24) is 25.4 Å². The quantitative estimate of drug-likeness (QED) is 0.491. The topological polar surface area (TPSA) is 119 Å². The molecule has 1 fully saturated rings. The number of carbonyl (C=O) groups excluding carboxylic acids is 1. The molecule has 0 bridgehead atoms. The van der Waals surface area contributed by atoms with Crippen molar-refractivity contribution in [2.24, 2.45) is 17.0 Å². The van der Waals surface area contributed by atoms with E-state index in [1.54, 1.807) is 7.05 Å². The van der Waals surface area contributed by atoms with Crippen molar-refractivity contribution >= 4 is 30.0 Å². The molecule has 2 aromatic heterocycles. The molecule has 4 N–H and O–H groups in total. The summed E-state index contributed by atoms with van der Waals surface area (Å²) in [4.78, 5) is 35.2. The first-order valence-electron chi connectivity index (χ1n) is 11.6. The lowest BCUT2D eigenvalue weighted by Crippen LogP contribution is -2.49. The Morgan fingerprint density at radius 2 is 2.06 bits per heavy atom. The summed E-state index contributed by atoms with van der Waals surface area (Å²) in [6, 6.07) is 0.939. The van der Waals surface area contributed by atoms with E-state index in [-0.39, 0.29) is 58.0 Å². The van der Waals surface area contributed by atoms with Crippen LogP contribution in [0.25, 0.3) is 12.4 Å². The normalized spacial score (nSPS) is 23.6. The number of rotatable bonds is 5. The SMILES string of the molecule is C=c1c(C2=NC[C@@H](F)C(N[C@H]3CCC[C@@H](NC(=O)c4cc(=O)[nH]n4C)C3)=N2)c[nH]/c1=C(F)/C=C(\C)F. The van der Waals surface area contributed by atoms with Gasteiger partial charge in [-0.25, -0.2) is 18.2 Å². The molecule has 1 saturated carbocycles. The summed E-state index contributed by atoms with van der Waals surface area (Å²) in [5.41, 5.74) is 0.265. The summed E-state index contributed by atoms with van der Waals surface area (Å²) in [5, 5.41) is 8.84. The number of aliphatic imine (C=N–C) groups is 2. The van der Waals surface area contributed by atoms with Gasteiger partial charge in [-0.3, -0.25) is 24.4 Å². The standard InChI is InChI=1S/C24H28F3N7O2/c1-12(25)7-17(26)21-13(2)16(10-28-21)22-29-11-18(27)23(32-22)30-14-5-4-6-15(8-14)31-24(36)19-9-20(35)33-34(19)3/h7,9-10,14-15,18,28H,2,4-6,8,11H2,1,3H3,(H,31,36)(H,33,35)(H,29,30,32)/b12-7+,21-17-/t14-,15+,18+/m0/s1. The predicted octanol–water partition coefficient (Wildman–Crippen LogP) is 1.23. The maximum Gasteiger partial charge on any atom is 0.269 e. The number of H-pyrrole nitrogens is 2. The second kappa shape index (κ2) is 10.4. The molecule has 0 radical (unpaired) electrons. The number of amidine groups is 2. The van der Waals surface area contributed by atoms with E-state index in [0.29, 0.717) is 12.0 Å². The molecule has 0 spiro atoms. The number of amides is 1. The highest BCUT2D eigenvalue weighted by Gasteiger charge is 2.29. The van der Waals surface area contributed by atoms with Crippen molar-refractivity contribution in [3.8, 4) is 0 Å². The molecule has 0 aromatic carbocycles. The minimum absolute atomic E-state index is 0.00238. The molecule has 0 saturated heterocycles. The van der Waals surface area contributed by atoms with E-state index in [2.05, 4.69) is 37.3 Å². The molecule has 3 heterocycles. The van der Waals surface area contributed by atoms with Gasteiger partial charge in [-0.2, -0.15) is 0 Å². The molecular formula is C24H28F3N7O2. The fourth-order valence-electron chi connectivity index (χ4n) is 4.47. The van der Waals surface area contributed by atoms with E-state index >= 15 is 0 Å². The smallest absolute Gasteiger partial charge is 0.269 e. The lowest BCUT2D eigenvalue weighted by atomic mass is 9.90. The average Bonchev–Trinajstić information content (AvgIpc) is 3.36. The summed E-state index contributed by atoms with van der Waals surface area (Å²) in [6.07, 6.45) is 3.63. The van der Waals surface area contributed by atoms with Crippen LogP contribution in [-0.2, 0) is 7.05 Å². The predicted molar refractivity (Wildman–Crippen MR) is 131 cm³/mol. The fourth-order valence-corrected chi connectivity index (χ4v) is 4.47. The first-order chi connectivity index (χ1) is 17.1. The number of alkyl halides is 1. The largest absolute Gasteiger partial charge is 0.368 e. The highest BCUT2D eigenvalue weighted by atomic mass is 19.1. The van der Waals surface area contributed by atoms with Gasteiger partial charge < -0.3 is 15.6 Å². The van der Waals surface area contributed by atoms with Gasteiger partial charge in [0.15, 0.2) is 12.0 Å². The molecule has 192 valence electrons. The maximum atomic E-state index is 14.7. The Hall–Kier alpha value is -3.83. The van der Waals surface area contributed by atoms with Crippen LogP contribution in [0, 0.1) is 0 Å². The first kappa shape index (κ1) is 25.3. The fraction of sp³-hybridized carbons (Fsp3) is 0.417. The Labute approximate surface area is 204 Å². The Bertz CT molecular complexity index is 1410. The third-order valence-corrected chi connectivity index (χ3v) is 6.22. The number of aromatic amines is 2. The molecule has 1 aliphatic heterocycles. The van der Waals surface area contributed by atoms with Crippen LogP contribution in [0.15, 0.2) is 38.9 Å². The molecule has 12 heteroatoms. The van der Waals surface area contributed by atoms with Crippen molar-refractivity contribution in [2.75, 3.05) is 6.54 Å². The van der Waals surface area contributed by atoms with Crippen LogP contribution in [0.1, 0.15) is 48.7 Å². The number of carbonyl (C=O) groups is 1. The Balaban J connectivity index is 1.47. The number of halogens is 3. The van der Waals surface area contributed by atoms with Gasteiger partial charge in [0.25, 0.3) is 11.5 Å². The zero-order chi connectivity index (χ0) is 26.0. The van der Waals surface area contributed by atoms with Crippen LogP contribution in [0.5, 0.6) is 0 Å². The van der Waals surface area contributed by atoms with Gasteiger partial charge in [0.1, 0.15) is 17.4 Å². The van der Waals surface area contributed by atoms with Crippen LogP contribution in [0.2, 0.25) is 0 Å². The summed E-state index contributed by atoms with van der Waals surface area (Å²) < 4.78 is 43.4. The van der Waals surface area contributed by atoms with Crippen LogP contribution in [-0.4, -0.2) is 57.1 Å². The number of hydrogen-bond acceptors (Lipinski definition) is 5. The Morgan fingerprint density at radius 1 is 1.31 bits per heavy atom. The molecule has 9 nitrogen and oxygen atoms in total. The van der Waals surface area contributed by atoms with Crippen molar-refractivity contribution < 1.29 is 18.0 Å². The number of nitrogens with zero attached hydrogens (tertiary/aromatic N) is 3. The first-order valence-corrected chi connectivity index (χ1v) is 11.6. The number of allylic oxidation sites excluding steroid dienone is 2. The highest BCUT2D eigenvalue weighted by Crippen LogP contribution is 2.20. The summed E-state index contributed by atoms with van der Waals surface area (Å²) in [7, 11) is 1.58. The van der Waals surface area contributed by atoms with Gasteiger partial charge in [-0.1, -0.05) is 6.58 Å². The van der Waals surface area contributed by atoms with Gasteiger partial charge in [-0.05, 0) is 32.6 Å². The van der Waals surface area contributed by atoms with Crippen LogP contribution >= 0.6 is 0 Å². The van der Waals surface area contributed by atoms with E-state index in [4.69, 9.17) is 0 Å². The number of hydrogen-bond donors (Lipinski definition) is 4. The van der Waals surface area contributed by atoms with E-state index < -0.39 is 17.8 Å². The number of aromatic nitrogens is 3. The van der Waals surface area contributed by atoms with Crippen molar-refractivity contribution in [1.29, 1.82) is 0 Å². The van der Waals surface area contributed by atoms with Crippen LogP contribution < -0.4 is 26.8 Å². The van der Waals surface area contributed by atoms with Crippen molar-refractivity contribution in [3.05, 3.63) is 56.3 Å². The minimum atomic E-state index is -1.44. The van der Waals surface area contributed by atoms with Gasteiger partial charge in [-0.15, -0.1) is 0 Å². The second-order valence-electron chi connectivity index (χ2n) is 9.01. The zero-order valence-electron chi connectivity index (χ0n) is 20.0. The van der Waals surface area contributed by atoms with Crippen LogP contribution in [0.4, 0.5) is 13.2 Å². The average molecular weight is 504 g/mol. The van der Waals surface area contributed by atoms with Crippen molar-refractivity contribution in [3.63, 3.8) is 0 Å². The molecular weight excluding hydrogens is 475 g/mol. The summed E-state index contributed by atoms with van der Waals surface area (Å²) in [6.45, 7) is 4.81. The lowest BCUT2D eigenvalue weighted by molar-refractivity contribution is 0.0914.